The van der Waals surface area contributed by atoms with Gasteiger partial charge in [0.15, 0.2) is 0 Å². The second-order valence-corrected chi connectivity index (χ2v) is 9.51. The van der Waals surface area contributed by atoms with E-state index in [4.69, 9.17) is 4.74 Å². The van der Waals surface area contributed by atoms with E-state index in [1.807, 2.05) is 0 Å². The summed E-state index contributed by atoms with van der Waals surface area (Å²) >= 11 is 1.19. The predicted molar refractivity (Wildman–Crippen MR) is 110 cm³/mol. The van der Waals surface area contributed by atoms with Gasteiger partial charge in [0.25, 0.3) is 0 Å². The molecule has 1 aliphatic rings. The Kier molecular flexibility index (Phi) is 7.36. The van der Waals surface area contributed by atoms with E-state index >= 15 is 0 Å². The van der Waals surface area contributed by atoms with Crippen LogP contribution in [-0.4, -0.2) is 68.8 Å². The zero-order chi connectivity index (χ0) is 22.6. The van der Waals surface area contributed by atoms with Gasteiger partial charge in [-0.25, -0.2) is 22.0 Å². The first-order valence-electron chi connectivity index (χ1n) is 9.44. The molecule has 0 saturated carbocycles. The highest BCUT2D eigenvalue weighted by atomic mass is 32.2. The average molecular weight is 474 g/mol. The van der Waals surface area contributed by atoms with E-state index in [1.54, 1.807) is 23.3 Å². The Morgan fingerprint density at radius 2 is 1.87 bits per heavy atom. The lowest BCUT2D eigenvalue weighted by Gasteiger charge is -2.33. The maximum Gasteiger partial charge on any atom is 0.341 e. The van der Waals surface area contributed by atoms with Crippen LogP contribution in [0.5, 0.6) is 0 Å². The highest BCUT2D eigenvalue weighted by molar-refractivity contribution is 7.89. The largest absolute Gasteiger partial charge is 0.462 e. The number of amides is 1. The summed E-state index contributed by atoms with van der Waals surface area (Å²) < 4.78 is 58.6. The summed E-state index contributed by atoms with van der Waals surface area (Å²) in [7, 11) is -4.19. The van der Waals surface area contributed by atoms with Crippen molar-refractivity contribution in [2.45, 2.75) is 11.8 Å². The van der Waals surface area contributed by atoms with Crippen LogP contribution >= 0.6 is 11.3 Å². The van der Waals surface area contributed by atoms with Crippen LogP contribution in [0.25, 0.3) is 0 Å². The number of hydrogen-bond acceptors (Lipinski definition) is 7. The molecule has 1 aliphatic heterocycles. The molecule has 3 rings (SSSR count). The molecular formula is C19H21F2N3O5S2. The minimum Gasteiger partial charge on any atom is -0.462 e. The van der Waals surface area contributed by atoms with E-state index in [9.17, 15) is 26.8 Å². The molecule has 1 N–H and O–H groups in total. The molecule has 2 aromatic rings. The van der Waals surface area contributed by atoms with Gasteiger partial charge >= 0.3 is 5.97 Å². The lowest BCUT2D eigenvalue weighted by atomic mass is 10.3. The lowest BCUT2D eigenvalue weighted by Crippen LogP contribution is -2.50. The zero-order valence-electron chi connectivity index (χ0n) is 16.6. The minimum atomic E-state index is -4.19. The van der Waals surface area contributed by atoms with Crippen LogP contribution in [0.3, 0.4) is 0 Å². The average Bonchev–Trinajstić information content (AvgIpc) is 3.18. The number of ether oxygens (including phenoxy) is 1. The number of rotatable bonds is 7. The van der Waals surface area contributed by atoms with Crippen molar-refractivity contribution in [2.24, 2.45) is 0 Å². The van der Waals surface area contributed by atoms with Crippen LogP contribution < -0.4 is 5.32 Å². The molecule has 31 heavy (non-hydrogen) atoms. The molecule has 1 aromatic heterocycles. The summed E-state index contributed by atoms with van der Waals surface area (Å²) in [6.07, 6.45) is 0. The van der Waals surface area contributed by atoms with E-state index in [2.05, 4.69) is 5.32 Å². The summed E-state index contributed by atoms with van der Waals surface area (Å²) in [4.78, 5) is 25.3. The first-order chi connectivity index (χ1) is 14.7. The van der Waals surface area contributed by atoms with Gasteiger partial charge in [-0.1, -0.05) is 0 Å². The molecule has 0 atom stereocenters. The third kappa shape index (κ3) is 5.45. The Hall–Kier alpha value is -2.41. The van der Waals surface area contributed by atoms with Crippen LogP contribution in [0.1, 0.15) is 17.3 Å². The summed E-state index contributed by atoms with van der Waals surface area (Å²) in [5.41, 5.74) is 0.272. The molecule has 0 radical (unpaired) electrons. The second-order valence-electron chi connectivity index (χ2n) is 6.69. The minimum absolute atomic E-state index is 0.0115. The van der Waals surface area contributed by atoms with Gasteiger partial charge in [-0.15, -0.1) is 11.3 Å². The Bertz CT molecular complexity index is 1070. The number of thiophene rings is 1. The van der Waals surface area contributed by atoms with Gasteiger partial charge in [-0.3, -0.25) is 9.69 Å². The van der Waals surface area contributed by atoms with E-state index in [1.165, 1.54) is 11.3 Å². The van der Waals surface area contributed by atoms with Crippen molar-refractivity contribution >= 4 is 38.2 Å². The Morgan fingerprint density at radius 1 is 1.16 bits per heavy atom. The molecule has 0 spiro atoms. The van der Waals surface area contributed by atoms with Gasteiger partial charge in [-0.05, 0) is 36.6 Å². The third-order valence-electron chi connectivity index (χ3n) is 4.62. The van der Waals surface area contributed by atoms with Crippen molar-refractivity contribution < 1.29 is 31.5 Å². The van der Waals surface area contributed by atoms with Gasteiger partial charge in [0.2, 0.25) is 15.9 Å². The number of hydrogen-bond donors (Lipinski definition) is 1. The number of piperazine rings is 1. The zero-order valence-corrected chi connectivity index (χ0v) is 18.3. The van der Waals surface area contributed by atoms with Crippen LogP contribution in [0.4, 0.5) is 13.8 Å². The Balaban J connectivity index is 1.57. The maximum atomic E-state index is 13.9. The Morgan fingerprint density at radius 3 is 2.55 bits per heavy atom. The van der Waals surface area contributed by atoms with E-state index in [-0.39, 0.29) is 50.8 Å². The molecule has 1 aromatic carbocycles. The van der Waals surface area contributed by atoms with Crippen LogP contribution in [-0.2, 0) is 19.6 Å². The highest BCUT2D eigenvalue weighted by Crippen LogP contribution is 2.24. The summed E-state index contributed by atoms with van der Waals surface area (Å²) in [6, 6.07) is 3.85. The molecule has 168 valence electrons. The molecule has 12 heteroatoms. The van der Waals surface area contributed by atoms with Gasteiger partial charge in [0.05, 0.1) is 18.7 Å². The number of carbonyl (C=O) groups is 2. The number of halogens is 2. The van der Waals surface area contributed by atoms with Crippen molar-refractivity contribution in [1.29, 1.82) is 0 Å². The van der Waals surface area contributed by atoms with Gasteiger partial charge in [0.1, 0.15) is 21.5 Å². The number of esters is 1. The molecule has 0 unspecified atom stereocenters. The highest BCUT2D eigenvalue weighted by Gasteiger charge is 2.31. The molecular weight excluding hydrogens is 452 g/mol. The quantitative estimate of drug-likeness (QED) is 0.619. The smallest absolute Gasteiger partial charge is 0.341 e. The molecule has 1 amide bonds. The standard InChI is InChI=1S/C19H21F2N3O5S2/c1-2-29-19(26)14-5-10-30-18(14)22-17(25)12-23-6-8-24(9-7-23)31(27,28)16-11-13(20)3-4-15(16)21/h3-5,10-11H,2,6-9,12H2,1H3,(H,22,25). The first kappa shape index (κ1) is 23.3. The van der Waals surface area contributed by atoms with Crippen LogP contribution in [0.15, 0.2) is 34.5 Å². The normalized spacial score (nSPS) is 15.6. The molecule has 0 aliphatic carbocycles. The van der Waals surface area contributed by atoms with Crippen LogP contribution in [0.2, 0.25) is 0 Å². The number of anilines is 1. The molecule has 2 heterocycles. The lowest BCUT2D eigenvalue weighted by molar-refractivity contribution is -0.117. The third-order valence-corrected chi connectivity index (χ3v) is 7.37. The molecule has 0 bridgehead atoms. The number of nitrogens with one attached hydrogen (secondary N) is 1. The summed E-state index contributed by atoms with van der Waals surface area (Å²) in [6.45, 7) is 2.41. The monoisotopic (exact) mass is 473 g/mol. The molecule has 1 fully saturated rings. The SMILES string of the molecule is CCOC(=O)c1ccsc1NC(=O)CN1CCN(S(=O)(=O)c2cc(F)ccc2F)CC1. The van der Waals surface area contributed by atoms with Gasteiger partial charge in [-0.2, -0.15) is 4.31 Å². The van der Waals surface area contributed by atoms with Gasteiger partial charge < -0.3 is 10.1 Å². The maximum absolute atomic E-state index is 13.9. The van der Waals surface area contributed by atoms with Crippen molar-refractivity contribution in [2.75, 3.05) is 44.6 Å². The van der Waals surface area contributed by atoms with Crippen molar-refractivity contribution in [3.05, 3.63) is 46.8 Å². The summed E-state index contributed by atoms with van der Waals surface area (Å²) in [5.74, 6) is -2.74. The topological polar surface area (TPSA) is 96.0 Å². The predicted octanol–water partition coefficient (Wildman–Crippen LogP) is 2.15. The second kappa shape index (κ2) is 9.81. The fourth-order valence-corrected chi connectivity index (χ4v) is 5.38. The van der Waals surface area contributed by atoms with Crippen molar-refractivity contribution in [1.82, 2.24) is 9.21 Å². The number of carbonyl (C=O) groups excluding carboxylic acids is 2. The first-order valence-corrected chi connectivity index (χ1v) is 11.8. The van der Waals surface area contributed by atoms with E-state index in [0.717, 1.165) is 16.4 Å². The fourth-order valence-electron chi connectivity index (χ4n) is 3.09. The molecule has 8 nitrogen and oxygen atoms in total. The van der Waals surface area contributed by atoms with Crippen LogP contribution in [0, 0.1) is 11.6 Å². The van der Waals surface area contributed by atoms with E-state index < -0.39 is 32.5 Å². The van der Waals surface area contributed by atoms with Gasteiger partial charge in [0, 0.05) is 26.2 Å². The molecule has 1 saturated heterocycles. The number of sulfonamides is 1. The van der Waals surface area contributed by atoms with E-state index in [0.29, 0.717) is 11.1 Å². The van der Waals surface area contributed by atoms with Crippen molar-refractivity contribution in [3.63, 3.8) is 0 Å². The fraction of sp³-hybridized carbons (Fsp3) is 0.368. The number of nitrogens with zero attached hydrogens (tertiary/aromatic N) is 2. The summed E-state index contributed by atoms with van der Waals surface area (Å²) in [5, 5.41) is 4.72. The number of benzene rings is 1. The van der Waals surface area contributed by atoms with Crippen molar-refractivity contribution in [3.8, 4) is 0 Å². The Labute approximate surface area is 182 Å².